The van der Waals surface area contributed by atoms with Crippen molar-refractivity contribution in [3.63, 3.8) is 0 Å². The molecule has 3 heterocycles. The van der Waals surface area contributed by atoms with Crippen LogP contribution in [-0.2, 0) is 24.8 Å². The third-order valence-corrected chi connectivity index (χ3v) is 5.56. The molecule has 0 saturated heterocycles. The fourth-order valence-electron chi connectivity index (χ4n) is 3.88. The first-order valence-electron chi connectivity index (χ1n) is 10.3. The van der Waals surface area contributed by atoms with Crippen LogP contribution in [0.1, 0.15) is 35.8 Å². The Morgan fingerprint density at radius 1 is 1.26 bits per heavy atom. The minimum Gasteiger partial charge on any atom is -0.465 e. The first-order chi connectivity index (χ1) is 15.0. The number of nitrogens with zero attached hydrogens (tertiary/aromatic N) is 4. The van der Waals surface area contributed by atoms with Gasteiger partial charge in [0.1, 0.15) is 11.5 Å². The molecule has 31 heavy (non-hydrogen) atoms. The van der Waals surface area contributed by atoms with E-state index in [0.717, 1.165) is 48.2 Å². The Labute approximate surface area is 180 Å². The molecule has 0 bridgehead atoms. The molecule has 160 valence electrons. The van der Waals surface area contributed by atoms with Gasteiger partial charge in [-0.3, -0.25) is 0 Å². The maximum absolute atomic E-state index is 14.5. The number of pyridine rings is 1. The van der Waals surface area contributed by atoms with Gasteiger partial charge in [0.2, 0.25) is 0 Å². The third kappa shape index (κ3) is 3.60. The van der Waals surface area contributed by atoms with Crippen molar-refractivity contribution in [2.75, 3.05) is 7.11 Å². The summed E-state index contributed by atoms with van der Waals surface area (Å²) < 4.78 is 23.2. The molecule has 3 aromatic heterocycles. The largest absolute Gasteiger partial charge is 0.465 e. The maximum Gasteiger partial charge on any atom is 0.340 e. The van der Waals surface area contributed by atoms with Crippen molar-refractivity contribution in [3.05, 3.63) is 60.1 Å². The smallest absolute Gasteiger partial charge is 0.340 e. The number of benzene rings is 1. The third-order valence-electron chi connectivity index (χ3n) is 5.56. The van der Waals surface area contributed by atoms with E-state index in [-0.39, 0.29) is 5.56 Å². The lowest BCUT2D eigenvalue weighted by Gasteiger charge is -2.10. The summed E-state index contributed by atoms with van der Waals surface area (Å²) in [7, 11) is 3.08. The van der Waals surface area contributed by atoms with Crippen molar-refractivity contribution >= 4 is 28.0 Å². The monoisotopic (exact) mass is 420 g/mol. The predicted molar refractivity (Wildman–Crippen MR) is 120 cm³/mol. The number of hydrogen-bond donors (Lipinski definition) is 0. The van der Waals surface area contributed by atoms with E-state index in [1.54, 1.807) is 0 Å². The Kier molecular flexibility index (Phi) is 5.59. The van der Waals surface area contributed by atoms with Crippen LogP contribution >= 0.6 is 0 Å². The van der Waals surface area contributed by atoms with Crippen molar-refractivity contribution in [2.45, 2.75) is 32.7 Å². The first kappa shape index (κ1) is 20.8. The van der Waals surface area contributed by atoms with E-state index in [1.165, 1.54) is 19.2 Å². The molecule has 4 rings (SSSR count). The molecule has 0 N–H and O–H groups in total. The molecule has 0 amide bonds. The van der Waals surface area contributed by atoms with Gasteiger partial charge in [-0.05, 0) is 43.5 Å². The molecule has 0 saturated carbocycles. The molecule has 0 aliphatic heterocycles. The summed E-state index contributed by atoms with van der Waals surface area (Å²) >= 11 is 0. The number of methoxy groups -OCH3 is 1. The fourth-order valence-corrected chi connectivity index (χ4v) is 3.88. The standard InChI is InChI=1S/C24H25FN4O2/c1-5-7-8-11-29-21(12-15-9-10-16(6-2)26-22(15)29)23-27-19-13-17(24(30)31-4)18(25)14-20(19)28(23)3/h5,9-10,12-14H,1,6-8,11H2,2-4H3. The number of imidazole rings is 1. The van der Waals surface area contributed by atoms with Crippen LogP contribution in [0.2, 0.25) is 0 Å². The van der Waals surface area contributed by atoms with E-state index in [4.69, 9.17) is 9.97 Å². The number of fused-ring (bicyclic) bond motifs is 2. The van der Waals surface area contributed by atoms with E-state index >= 15 is 0 Å². The minimum absolute atomic E-state index is 0.125. The summed E-state index contributed by atoms with van der Waals surface area (Å²) in [6.45, 7) is 6.66. The quantitative estimate of drug-likeness (QED) is 0.239. The van der Waals surface area contributed by atoms with Gasteiger partial charge in [0.15, 0.2) is 5.82 Å². The molecule has 0 radical (unpaired) electrons. The highest BCUT2D eigenvalue weighted by atomic mass is 19.1. The Morgan fingerprint density at radius 2 is 2.06 bits per heavy atom. The van der Waals surface area contributed by atoms with Crippen molar-refractivity contribution in [1.29, 1.82) is 0 Å². The van der Waals surface area contributed by atoms with Crippen molar-refractivity contribution < 1.29 is 13.9 Å². The van der Waals surface area contributed by atoms with Crippen LogP contribution < -0.4 is 0 Å². The number of esters is 1. The van der Waals surface area contributed by atoms with Gasteiger partial charge in [0.05, 0.1) is 29.4 Å². The number of aromatic nitrogens is 4. The van der Waals surface area contributed by atoms with Crippen molar-refractivity contribution in [1.82, 2.24) is 19.1 Å². The van der Waals surface area contributed by atoms with Gasteiger partial charge in [-0.2, -0.15) is 0 Å². The average molecular weight is 420 g/mol. The number of hydrogen-bond acceptors (Lipinski definition) is 4. The predicted octanol–water partition coefficient (Wildman–Crippen LogP) is 5.04. The van der Waals surface area contributed by atoms with Crippen molar-refractivity contribution in [3.8, 4) is 11.5 Å². The van der Waals surface area contributed by atoms with Gasteiger partial charge in [0, 0.05) is 30.7 Å². The molecule has 0 fully saturated rings. The minimum atomic E-state index is -0.721. The number of unbranched alkanes of at least 4 members (excludes halogenated alkanes) is 1. The van der Waals surface area contributed by atoms with E-state index in [1.807, 2.05) is 23.8 Å². The van der Waals surface area contributed by atoms with E-state index in [9.17, 15) is 9.18 Å². The van der Waals surface area contributed by atoms with Gasteiger partial charge in [0.25, 0.3) is 0 Å². The maximum atomic E-state index is 14.5. The van der Waals surface area contributed by atoms with Crippen LogP contribution in [0.25, 0.3) is 33.6 Å². The fraction of sp³-hybridized carbons (Fsp3) is 0.292. The lowest BCUT2D eigenvalue weighted by atomic mass is 10.2. The van der Waals surface area contributed by atoms with E-state index < -0.39 is 11.8 Å². The number of ether oxygens (including phenoxy) is 1. The van der Waals surface area contributed by atoms with E-state index in [2.05, 4.69) is 34.9 Å². The van der Waals surface area contributed by atoms with Crippen molar-refractivity contribution in [2.24, 2.45) is 7.05 Å². The molecule has 6 nitrogen and oxygen atoms in total. The zero-order valence-corrected chi connectivity index (χ0v) is 18.0. The highest BCUT2D eigenvalue weighted by Crippen LogP contribution is 2.31. The zero-order valence-electron chi connectivity index (χ0n) is 18.0. The molecule has 0 aliphatic carbocycles. The molecule has 1 aromatic carbocycles. The highest BCUT2D eigenvalue weighted by molar-refractivity contribution is 5.95. The molecular formula is C24H25FN4O2. The van der Waals surface area contributed by atoms with Crippen LogP contribution in [-0.4, -0.2) is 32.2 Å². The SMILES string of the molecule is C=CCCCn1c(-c2nc3cc(C(=O)OC)c(F)cc3n2C)cc2ccc(CC)nc21. The molecule has 0 atom stereocenters. The lowest BCUT2D eigenvalue weighted by molar-refractivity contribution is 0.0595. The van der Waals surface area contributed by atoms with Crippen LogP contribution in [0.15, 0.2) is 43.0 Å². The zero-order chi connectivity index (χ0) is 22.1. The average Bonchev–Trinajstić information content (AvgIpc) is 3.29. The van der Waals surface area contributed by atoms with Crippen LogP contribution in [0, 0.1) is 5.82 Å². The van der Waals surface area contributed by atoms with Crippen LogP contribution in [0.5, 0.6) is 0 Å². The van der Waals surface area contributed by atoms with Gasteiger partial charge in [-0.15, -0.1) is 6.58 Å². The highest BCUT2D eigenvalue weighted by Gasteiger charge is 2.21. The second-order valence-electron chi connectivity index (χ2n) is 7.49. The number of aryl methyl sites for hydroxylation is 3. The van der Waals surface area contributed by atoms with Gasteiger partial charge in [-0.25, -0.2) is 19.2 Å². The number of carbonyl (C=O) groups is 1. The summed E-state index contributed by atoms with van der Waals surface area (Å²) in [5.41, 5.74) is 3.84. The number of rotatable bonds is 7. The van der Waals surface area contributed by atoms with Gasteiger partial charge >= 0.3 is 5.97 Å². The first-order valence-corrected chi connectivity index (χ1v) is 10.3. The number of halogens is 1. The topological polar surface area (TPSA) is 61.9 Å². The summed E-state index contributed by atoms with van der Waals surface area (Å²) in [5, 5.41) is 1.03. The Hall–Kier alpha value is -3.48. The molecule has 7 heteroatoms. The Morgan fingerprint density at radius 3 is 2.77 bits per heavy atom. The lowest BCUT2D eigenvalue weighted by Crippen LogP contribution is -2.05. The molecule has 0 aliphatic rings. The second kappa shape index (κ2) is 8.34. The molecular weight excluding hydrogens is 395 g/mol. The normalized spacial score (nSPS) is 11.4. The second-order valence-corrected chi connectivity index (χ2v) is 7.49. The number of allylic oxidation sites excluding steroid dienone is 1. The summed E-state index contributed by atoms with van der Waals surface area (Å²) in [6, 6.07) is 8.95. The van der Waals surface area contributed by atoms with Gasteiger partial charge in [-0.1, -0.05) is 13.0 Å². The Bertz CT molecular complexity index is 1300. The van der Waals surface area contributed by atoms with Gasteiger partial charge < -0.3 is 13.9 Å². The molecule has 0 unspecified atom stereocenters. The number of carbonyl (C=O) groups excluding carboxylic acids is 1. The Balaban J connectivity index is 1.92. The van der Waals surface area contributed by atoms with Crippen LogP contribution in [0.3, 0.4) is 0 Å². The van der Waals surface area contributed by atoms with E-state index in [0.29, 0.717) is 16.9 Å². The van der Waals surface area contributed by atoms with Crippen LogP contribution in [0.4, 0.5) is 4.39 Å². The molecule has 0 spiro atoms. The summed E-state index contributed by atoms with van der Waals surface area (Å²) in [6.07, 6.45) is 4.57. The molecule has 4 aromatic rings. The summed E-state index contributed by atoms with van der Waals surface area (Å²) in [5.74, 6) is -0.665. The summed E-state index contributed by atoms with van der Waals surface area (Å²) in [4.78, 5) is 21.5.